The maximum Gasteiger partial charge on any atom is 0.221 e. The smallest absolute Gasteiger partial charge is 0.221 e. The zero-order chi connectivity index (χ0) is 13.1. The Kier molecular flexibility index (Phi) is 3.81. The van der Waals surface area contributed by atoms with Gasteiger partial charge in [0, 0.05) is 22.3 Å². The van der Waals surface area contributed by atoms with Crippen LogP contribution in [0.4, 0.5) is 11.8 Å². The second kappa shape index (κ2) is 5.35. The molecule has 1 aromatic heterocycles. The van der Waals surface area contributed by atoms with Crippen LogP contribution in [0.1, 0.15) is 24.1 Å². The van der Waals surface area contributed by atoms with Gasteiger partial charge in [0.2, 0.25) is 5.95 Å². The topological polar surface area (TPSA) is 63.8 Å². The fraction of sp³-hybridized carbons (Fsp3) is 0.231. The zero-order valence-corrected chi connectivity index (χ0v) is 11.9. The van der Waals surface area contributed by atoms with Crippen molar-refractivity contribution in [3.05, 3.63) is 46.1 Å². The van der Waals surface area contributed by atoms with Gasteiger partial charge in [0.25, 0.3) is 0 Å². The van der Waals surface area contributed by atoms with E-state index in [1.54, 1.807) is 6.20 Å². The fourth-order valence-electron chi connectivity index (χ4n) is 1.67. The SMILES string of the molecule is Cc1cnc(N)nc1NC(C)c1cccc(Br)c1. The standard InChI is InChI=1S/C13H15BrN4/c1-8-7-16-13(15)18-12(8)17-9(2)10-4-3-5-11(14)6-10/h3-7,9H,1-2H3,(H3,15,16,17,18). The van der Waals surface area contributed by atoms with Crippen LogP contribution in [0.5, 0.6) is 0 Å². The summed E-state index contributed by atoms with van der Waals surface area (Å²) >= 11 is 3.47. The minimum atomic E-state index is 0.149. The van der Waals surface area contributed by atoms with Crippen LogP contribution >= 0.6 is 15.9 Å². The maximum absolute atomic E-state index is 5.60. The van der Waals surface area contributed by atoms with E-state index in [1.165, 1.54) is 5.56 Å². The second-order valence-electron chi connectivity index (χ2n) is 4.18. The van der Waals surface area contributed by atoms with E-state index in [-0.39, 0.29) is 12.0 Å². The first kappa shape index (κ1) is 12.8. The monoisotopic (exact) mass is 306 g/mol. The van der Waals surface area contributed by atoms with E-state index in [9.17, 15) is 0 Å². The highest BCUT2D eigenvalue weighted by Crippen LogP contribution is 2.22. The van der Waals surface area contributed by atoms with Crippen molar-refractivity contribution in [1.29, 1.82) is 0 Å². The summed E-state index contributed by atoms with van der Waals surface area (Å²) in [5.41, 5.74) is 7.76. The maximum atomic E-state index is 5.60. The number of nitrogens with two attached hydrogens (primary N) is 1. The third-order valence-corrected chi connectivity index (χ3v) is 3.19. The Morgan fingerprint density at radius 2 is 2.17 bits per heavy atom. The molecule has 2 aromatic rings. The number of nitrogens with zero attached hydrogens (tertiary/aromatic N) is 2. The number of hydrogen-bond donors (Lipinski definition) is 2. The van der Waals surface area contributed by atoms with Gasteiger partial charge in [-0.15, -0.1) is 0 Å². The molecule has 94 valence electrons. The van der Waals surface area contributed by atoms with Crippen LogP contribution in [0.3, 0.4) is 0 Å². The summed E-state index contributed by atoms with van der Waals surface area (Å²) in [6.45, 7) is 4.04. The van der Waals surface area contributed by atoms with Gasteiger partial charge in [-0.2, -0.15) is 4.98 Å². The molecular weight excluding hydrogens is 292 g/mol. The van der Waals surface area contributed by atoms with E-state index in [2.05, 4.69) is 50.3 Å². The highest BCUT2D eigenvalue weighted by Gasteiger charge is 2.09. The molecule has 2 rings (SSSR count). The van der Waals surface area contributed by atoms with E-state index in [0.717, 1.165) is 15.9 Å². The number of nitrogen functional groups attached to an aromatic ring is 1. The molecule has 0 aliphatic carbocycles. The van der Waals surface area contributed by atoms with Crippen LogP contribution < -0.4 is 11.1 Å². The Hall–Kier alpha value is -1.62. The molecule has 0 aliphatic rings. The molecule has 0 amide bonds. The quantitative estimate of drug-likeness (QED) is 0.913. The van der Waals surface area contributed by atoms with Gasteiger partial charge >= 0.3 is 0 Å². The Morgan fingerprint density at radius 3 is 2.89 bits per heavy atom. The summed E-state index contributed by atoms with van der Waals surface area (Å²) < 4.78 is 1.06. The summed E-state index contributed by atoms with van der Waals surface area (Å²) in [7, 11) is 0. The van der Waals surface area contributed by atoms with Crippen molar-refractivity contribution in [2.45, 2.75) is 19.9 Å². The first-order valence-electron chi connectivity index (χ1n) is 5.67. The lowest BCUT2D eigenvalue weighted by molar-refractivity contribution is 0.868. The predicted octanol–water partition coefficient (Wildman–Crippen LogP) is 3.30. The average Bonchev–Trinajstić information content (AvgIpc) is 2.34. The van der Waals surface area contributed by atoms with Gasteiger partial charge in [-0.1, -0.05) is 28.1 Å². The minimum absolute atomic E-state index is 0.149. The average molecular weight is 307 g/mol. The highest BCUT2D eigenvalue weighted by molar-refractivity contribution is 9.10. The Bertz CT molecular complexity index is 556. The van der Waals surface area contributed by atoms with E-state index in [1.807, 2.05) is 19.1 Å². The Balaban J connectivity index is 2.21. The van der Waals surface area contributed by atoms with Gasteiger partial charge in [-0.25, -0.2) is 4.98 Å². The summed E-state index contributed by atoms with van der Waals surface area (Å²) in [4.78, 5) is 8.16. The summed E-state index contributed by atoms with van der Waals surface area (Å²) in [5.74, 6) is 1.06. The zero-order valence-electron chi connectivity index (χ0n) is 10.3. The van der Waals surface area contributed by atoms with E-state index in [4.69, 9.17) is 5.73 Å². The largest absolute Gasteiger partial charge is 0.368 e. The van der Waals surface area contributed by atoms with Crippen molar-refractivity contribution in [2.24, 2.45) is 0 Å². The van der Waals surface area contributed by atoms with Crippen molar-refractivity contribution in [2.75, 3.05) is 11.1 Å². The molecule has 0 saturated carbocycles. The van der Waals surface area contributed by atoms with Crippen molar-refractivity contribution in [3.8, 4) is 0 Å². The van der Waals surface area contributed by atoms with Crippen LogP contribution in [0.2, 0.25) is 0 Å². The molecule has 0 aliphatic heterocycles. The summed E-state index contributed by atoms with van der Waals surface area (Å²) in [6, 6.07) is 8.32. The van der Waals surface area contributed by atoms with Gasteiger partial charge in [0.05, 0.1) is 0 Å². The van der Waals surface area contributed by atoms with Crippen molar-refractivity contribution >= 4 is 27.7 Å². The molecule has 1 unspecified atom stereocenters. The Morgan fingerprint density at radius 1 is 1.39 bits per heavy atom. The number of benzene rings is 1. The number of nitrogens with one attached hydrogen (secondary N) is 1. The van der Waals surface area contributed by atoms with Gasteiger partial charge in [-0.3, -0.25) is 0 Å². The third kappa shape index (κ3) is 2.98. The third-order valence-electron chi connectivity index (χ3n) is 2.69. The first-order valence-corrected chi connectivity index (χ1v) is 6.46. The van der Waals surface area contributed by atoms with Crippen LogP contribution in [0.15, 0.2) is 34.9 Å². The van der Waals surface area contributed by atoms with Gasteiger partial charge in [-0.05, 0) is 31.5 Å². The molecule has 18 heavy (non-hydrogen) atoms. The molecule has 1 atom stereocenters. The molecule has 3 N–H and O–H groups in total. The summed E-state index contributed by atoms with van der Waals surface area (Å²) in [6.07, 6.45) is 1.72. The van der Waals surface area contributed by atoms with E-state index in [0.29, 0.717) is 0 Å². The molecule has 0 spiro atoms. The lowest BCUT2D eigenvalue weighted by atomic mass is 10.1. The van der Waals surface area contributed by atoms with Crippen molar-refractivity contribution in [1.82, 2.24) is 9.97 Å². The number of rotatable bonds is 3. The normalized spacial score (nSPS) is 12.2. The number of anilines is 2. The second-order valence-corrected chi connectivity index (χ2v) is 5.10. The molecule has 0 fully saturated rings. The fourth-order valence-corrected chi connectivity index (χ4v) is 2.08. The summed E-state index contributed by atoms with van der Waals surface area (Å²) in [5, 5.41) is 3.34. The van der Waals surface area contributed by atoms with Gasteiger partial charge < -0.3 is 11.1 Å². The predicted molar refractivity (Wildman–Crippen MR) is 77.4 cm³/mol. The van der Waals surface area contributed by atoms with E-state index < -0.39 is 0 Å². The first-order chi connectivity index (χ1) is 8.56. The van der Waals surface area contributed by atoms with Crippen LogP contribution in [-0.4, -0.2) is 9.97 Å². The minimum Gasteiger partial charge on any atom is -0.368 e. The lowest BCUT2D eigenvalue weighted by Gasteiger charge is -2.16. The number of aryl methyl sites for hydroxylation is 1. The Labute approximate surface area is 115 Å². The molecule has 0 bridgehead atoms. The van der Waals surface area contributed by atoms with E-state index >= 15 is 0 Å². The van der Waals surface area contributed by atoms with Crippen molar-refractivity contribution in [3.63, 3.8) is 0 Å². The molecular formula is C13H15BrN4. The highest BCUT2D eigenvalue weighted by atomic mass is 79.9. The van der Waals surface area contributed by atoms with Gasteiger partial charge in [0.15, 0.2) is 0 Å². The molecule has 5 heteroatoms. The molecule has 1 heterocycles. The molecule has 1 aromatic carbocycles. The number of aromatic nitrogens is 2. The molecule has 0 radical (unpaired) electrons. The number of halogens is 1. The van der Waals surface area contributed by atoms with Crippen LogP contribution in [0, 0.1) is 6.92 Å². The van der Waals surface area contributed by atoms with Gasteiger partial charge in [0.1, 0.15) is 5.82 Å². The molecule has 4 nitrogen and oxygen atoms in total. The molecule has 0 saturated heterocycles. The van der Waals surface area contributed by atoms with Crippen molar-refractivity contribution < 1.29 is 0 Å². The van der Waals surface area contributed by atoms with Crippen LogP contribution in [0.25, 0.3) is 0 Å². The van der Waals surface area contributed by atoms with Crippen LogP contribution in [-0.2, 0) is 0 Å². The lowest BCUT2D eigenvalue weighted by Crippen LogP contribution is -2.10. The number of hydrogen-bond acceptors (Lipinski definition) is 4.